The van der Waals surface area contributed by atoms with E-state index in [4.69, 9.17) is 0 Å². The third kappa shape index (κ3) is 4.17. The Labute approximate surface area is 176 Å². The van der Waals surface area contributed by atoms with E-state index in [9.17, 15) is 17.6 Å². The molecule has 3 aromatic carbocycles. The summed E-state index contributed by atoms with van der Waals surface area (Å²) in [4.78, 5) is 16.9. The van der Waals surface area contributed by atoms with Gasteiger partial charge in [-0.25, -0.2) is 17.8 Å². The van der Waals surface area contributed by atoms with Crippen molar-refractivity contribution in [3.8, 4) is 0 Å². The average molecular weight is 442 g/mol. The first-order valence-electron chi connectivity index (χ1n) is 8.88. The van der Waals surface area contributed by atoms with Crippen molar-refractivity contribution in [2.45, 2.75) is 11.8 Å². The van der Waals surface area contributed by atoms with Crippen LogP contribution in [0.3, 0.4) is 0 Å². The molecule has 30 heavy (non-hydrogen) atoms. The largest absolute Gasteiger partial charge is 0.322 e. The number of para-hydroxylation sites is 1. The zero-order chi connectivity index (χ0) is 21.3. The Balaban J connectivity index is 1.57. The van der Waals surface area contributed by atoms with Crippen LogP contribution in [0.1, 0.15) is 15.4 Å². The molecule has 4 aromatic rings. The quantitative estimate of drug-likeness (QED) is 0.466. The molecule has 0 aliphatic rings. The van der Waals surface area contributed by atoms with Gasteiger partial charge in [0, 0.05) is 11.3 Å². The van der Waals surface area contributed by atoms with E-state index in [-0.39, 0.29) is 16.1 Å². The van der Waals surface area contributed by atoms with Gasteiger partial charge in [-0.2, -0.15) is 0 Å². The number of hydrogen-bond donors (Lipinski definition) is 2. The van der Waals surface area contributed by atoms with Crippen LogP contribution in [0, 0.1) is 12.7 Å². The zero-order valence-corrected chi connectivity index (χ0v) is 17.4. The van der Waals surface area contributed by atoms with Gasteiger partial charge < -0.3 is 5.32 Å². The second-order valence-electron chi connectivity index (χ2n) is 6.48. The molecule has 0 saturated heterocycles. The Morgan fingerprint density at radius 1 is 1.03 bits per heavy atom. The lowest BCUT2D eigenvalue weighted by molar-refractivity contribution is 0.102. The molecule has 1 heterocycles. The molecule has 0 unspecified atom stereocenters. The van der Waals surface area contributed by atoms with E-state index >= 15 is 0 Å². The molecule has 0 fully saturated rings. The molecule has 0 aliphatic heterocycles. The number of hydrogen-bond acceptors (Lipinski definition) is 5. The number of anilines is 2. The third-order valence-electron chi connectivity index (χ3n) is 4.28. The van der Waals surface area contributed by atoms with Crippen LogP contribution in [0.4, 0.5) is 15.8 Å². The van der Waals surface area contributed by atoms with Crippen molar-refractivity contribution in [2.24, 2.45) is 0 Å². The standard InChI is InChI=1S/C21H16FN3O3S2/c1-13-23-19-10-9-15(12-20(19)29-13)24-21(26)14-5-4-6-16(11-14)30(27,28)25-18-8-3-2-7-17(18)22/h2-12,25H,1H3,(H,24,26). The second-order valence-corrected chi connectivity index (χ2v) is 9.40. The second kappa shape index (κ2) is 7.85. The van der Waals surface area contributed by atoms with Crippen molar-refractivity contribution >= 4 is 48.9 Å². The summed E-state index contributed by atoms with van der Waals surface area (Å²) in [6.45, 7) is 1.91. The smallest absolute Gasteiger partial charge is 0.262 e. The lowest BCUT2D eigenvalue weighted by Gasteiger charge is -2.10. The van der Waals surface area contributed by atoms with Crippen molar-refractivity contribution in [3.63, 3.8) is 0 Å². The molecule has 0 spiro atoms. The van der Waals surface area contributed by atoms with Crippen LogP contribution in [-0.2, 0) is 10.0 Å². The number of rotatable bonds is 5. The van der Waals surface area contributed by atoms with Gasteiger partial charge in [-0.1, -0.05) is 18.2 Å². The Hall–Kier alpha value is -3.30. The van der Waals surface area contributed by atoms with Crippen molar-refractivity contribution in [2.75, 3.05) is 10.0 Å². The SMILES string of the molecule is Cc1nc2ccc(NC(=O)c3cccc(S(=O)(=O)Nc4ccccc4F)c3)cc2s1. The van der Waals surface area contributed by atoms with E-state index in [1.165, 1.54) is 53.8 Å². The Morgan fingerprint density at radius 2 is 1.83 bits per heavy atom. The number of benzene rings is 3. The molecule has 0 aliphatic carbocycles. The first kappa shape index (κ1) is 20.0. The molecule has 0 saturated carbocycles. The predicted molar refractivity (Wildman–Crippen MR) is 116 cm³/mol. The van der Waals surface area contributed by atoms with Gasteiger partial charge in [-0.3, -0.25) is 9.52 Å². The number of amides is 1. The number of aromatic nitrogens is 1. The summed E-state index contributed by atoms with van der Waals surface area (Å²) < 4.78 is 42.2. The monoisotopic (exact) mass is 441 g/mol. The fourth-order valence-corrected chi connectivity index (χ4v) is 4.85. The summed E-state index contributed by atoms with van der Waals surface area (Å²) in [7, 11) is -4.07. The summed E-state index contributed by atoms with van der Waals surface area (Å²) in [6.07, 6.45) is 0. The number of aryl methyl sites for hydroxylation is 1. The summed E-state index contributed by atoms with van der Waals surface area (Å²) in [6, 6.07) is 16.4. The van der Waals surface area contributed by atoms with E-state index in [1.54, 1.807) is 6.07 Å². The van der Waals surface area contributed by atoms with Gasteiger partial charge in [-0.05, 0) is 55.5 Å². The van der Waals surface area contributed by atoms with E-state index < -0.39 is 21.7 Å². The minimum Gasteiger partial charge on any atom is -0.322 e. The molecule has 1 amide bonds. The topological polar surface area (TPSA) is 88.2 Å². The highest BCUT2D eigenvalue weighted by atomic mass is 32.2. The van der Waals surface area contributed by atoms with Gasteiger partial charge in [0.25, 0.3) is 15.9 Å². The van der Waals surface area contributed by atoms with Gasteiger partial charge in [0.2, 0.25) is 0 Å². The molecular formula is C21H16FN3O3S2. The van der Waals surface area contributed by atoms with Gasteiger partial charge in [0.05, 0.1) is 25.8 Å². The van der Waals surface area contributed by atoms with Crippen molar-refractivity contribution in [3.05, 3.63) is 83.1 Å². The number of thiazole rings is 1. The Kier molecular flexibility index (Phi) is 5.23. The minimum atomic E-state index is -4.07. The molecule has 0 atom stereocenters. The molecular weight excluding hydrogens is 425 g/mol. The van der Waals surface area contributed by atoms with Crippen molar-refractivity contribution in [1.82, 2.24) is 4.98 Å². The number of sulfonamides is 1. The van der Waals surface area contributed by atoms with Gasteiger partial charge in [0.15, 0.2) is 0 Å². The number of fused-ring (bicyclic) bond motifs is 1. The van der Waals surface area contributed by atoms with Crippen LogP contribution < -0.4 is 10.0 Å². The van der Waals surface area contributed by atoms with Crippen LogP contribution in [0.2, 0.25) is 0 Å². The molecule has 152 valence electrons. The average Bonchev–Trinajstić information content (AvgIpc) is 3.09. The number of halogens is 1. The summed E-state index contributed by atoms with van der Waals surface area (Å²) in [5.74, 6) is -1.15. The lowest BCUT2D eigenvalue weighted by atomic mass is 10.2. The van der Waals surface area contributed by atoms with Crippen LogP contribution in [0.5, 0.6) is 0 Å². The molecule has 2 N–H and O–H groups in total. The molecule has 9 heteroatoms. The molecule has 0 radical (unpaired) electrons. The maximum absolute atomic E-state index is 13.8. The van der Waals surface area contributed by atoms with Gasteiger partial charge in [-0.15, -0.1) is 11.3 Å². The number of carbonyl (C=O) groups excluding carboxylic acids is 1. The number of carbonyl (C=O) groups is 1. The highest BCUT2D eigenvalue weighted by Crippen LogP contribution is 2.25. The highest BCUT2D eigenvalue weighted by Gasteiger charge is 2.18. The van der Waals surface area contributed by atoms with E-state index in [1.807, 2.05) is 19.1 Å². The molecule has 0 bridgehead atoms. The maximum Gasteiger partial charge on any atom is 0.262 e. The molecule has 6 nitrogen and oxygen atoms in total. The first-order chi connectivity index (χ1) is 14.3. The van der Waals surface area contributed by atoms with E-state index in [0.717, 1.165) is 21.3 Å². The van der Waals surface area contributed by atoms with Crippen molar-refractivity contribution in [1.29, 1.82) is 0 Å². The number of nitrogens with one attached hydrogen (secondary N) is 2. The predicted octanol–water partition coefficient (Wildman–Crippen LogP) is 4.80. The van der Waals surface area contributed by atoms with Crippen LogP contribution in [0.25, 0.3) is 10.2 Å². The van der Waals surface area contributed by atoms with Crippen LogP contribution in [-0.4, -0.2) is 19.3 Å². The molecule has 1 aromatic heterocycles. The van der Waals surface area contributed by atoms with Crippen LogP contribution in [0.15, 0.2) is 71.6 Å². The van der Waals surface area contributed by atoms with E-state index in [0.29, 0.717) is 5.69 Å². The Morgan fingerprint density at radius 3 is 2.63 bits per heavy atom. The normalized spacial score (nSPS) is 11.4. The zero-order valence-electron chi connectivity index (χ0n) is 15.7. The van der Waals surface area contributed by atoms with Crippen molar-refractivity contribution < 1.29 is 17.6 Å². The Bertz CT molecular complexity index is 1370. The fraction of sp³-hybridized carbons (Fsp3) is 0.0476. The summed E-state index contributed by atoms with van der Waals surface area (Å²) in [5.41, 5.74) is 1.42. The third-order valence-corrected chi connectivity index (χ3v) is 6.57. The summed E-state index contributed by atoms with van der Waals surface area (Å²) >= 11 is 1.52. The van der Waals surface area contributed by atoms with E-state index in [2.05, 4.69) is 15.0 Å². The first-order valence-corrected chi connectivity index (χ1v) is 11.2. The minimum absolute atomic E-state index is 0.146. The maximum atomic E-state index is 13.8. The molecule has 4 rings (SSSR count). The van der Waals surface area contributed by atoms with Gasteiger partial charge in [0.1, 0.15) is 5.82 Å². The van der Waals surface area contributed by atoms with Gasteiger partial charge >= 0.3 is 0 Å². The highest BCUT2D eigenvalue weighted by molar-refractivity contribution is 7.92. The number of nitrogens with zero attached hydrogens (tertiary/aromatic N) is 1. The van der Waals surface area contributed by atoms with Crippen LogP contribution >= 0.6 is 11.3 Å². The lowest BCUT2D eigenvalue weighted by Crippen LogP contribution is -2.16. The summed E-state index contributed by atoms with van der Waals surface area (Å²) in [5, 5.41) is 3.69. The fourth-order valence-electron chi connectivity index (χ4n) is 2.87.